The number of hydrogen-bond donors (Lipinski definition) is 0. The fraction of sp³-hybridized carbons (Fsp3) is 0.357. The summed E-state index contributed by atoms with van der Waals surface area (Å²) in [6, 6.07) is 10.1. The van der Waals surface area contributed by atoms with Crippen LogP contribution in [0.2, 0.25) is 0 Å². The van der Waals surface area contributed by atoms with Gasteiger partial charge in [0.25, 0.3) is 0 Å². The van der Waals surface area contributed by atoms with Crippen LogP contribution in [0.25, 0.3) is 0 Å². The summed E-state index contributed by atoms with van der Waals surface area (Å²) in [5.74, 6) is 0. The van der Waals surface area contributed by atoms with Crippen LogP contribution in [0.1, 0.15) is 26.3 Å². The molecule has 0 saturated heterocycles. The smallest absolute Gasteiger partial charge is 0.146 e. The van der Waals surface area contributed by atoms with E-state index >= 15 is 0 Å². The molecule has 15 heavy (non-hydrogen) atoms. The Labute approximate surface area is 91.8 Å². The van der Waals surface area contributed by atoms with E-state index in [0.29, 0.717) is 0 Å². The monoisotopic (exact) mass is 202 g/mol. The predicted octanol–water partition coefficient (Wildman–Crippen LogP) is 3.40. The van der Waals surface area contributed by atoms with Gasteiger partial charge in [0.2, 0.25) is 0 Å². The largest absolute Gasteiger partial charge is 0.298 e. The Balaban J connectivity index is 2.79. The minimum absolute atomic E-state index is 0.0605. The van der Waals surface area contributed by atoms with Crippen molar-refractivity contribution < 1.29 is 4.79 Å². The van der Waals surface area contributed by atoms with E-state index in [1.165, 1.54) is 5.56 Å². The minimum Gasteiger partial charge on any atom is -0.298 e. The topological polar surface area (TPSA) is 17.1 Å². The summed E-state index contributed by atoms with van der Waals surface area (Å²) in [5, 5.41) is 0. The van der Waals surface area contributed by atoms with Crippen molar-refractivity contribution in [1.82, 2.24) is 0 Å². The summed E-state index contributed by atoms with van der Waals surface area (Å²) in [6.07, 6.45) is 3.72. The van der Waals surface area contributed by atoms with E-state index in [4.69, 9.17) is 0 Å². The van der Waals surface area contributed by atoms with Gasteiger partial charge in [-0.3, -0.25) is 4.79 Å². The lowest BCUT2D eigenvalue weighted by molar-refractivity contribution is -0.105. The van der Waals surface area contributed by atoms with E-state index in [-0.39, 0.29) is 5.41 Å². The van der Waals surface area contributed by atoms with E-state index in [1.807, 2.05) is 36.4 Å². The molecule has 0 saturated carbocycles. The highest BCUT2D eigenvalue weighted by atomic mass is 16.1. The number of hydrogen-bond acceptors (Lipinski definition) is 1. The Kier molecular flexibility index (Phi) is 3.84. The number of benzene rings is 1. The second kappa shape index (κ2) is 4.92. The van der Waals surface area contributed by atoms with E-state index in [0.717, 1.165) is 18.3 Å². The van der Waals surface area contributed by atoms with Gasteiger partial charge in [0.15, 0.2) is 0 Å². The first-order valence-electron chi connectivity index (χ1n) is 5.22. The van der Waals surface area contributed by atoms with Gasteiger partial charge in [-0.25, -0.2) is 0 Å². The number of rotatable bonds is 3. The number of carbonyl (C=O) groups excluding carboxylic acids is 1. The molecule has 0 heterocycles. The molecular weight excluding hydrogens is 184 g/mol. The van der Waals surface area contributed by atoms with Gasteiger partial charge in [-0.2, -0.15) is 0 Å². The molecular formula is C14H18O. The lowest BCUT2D eigenvalue weighted by atomic mass is 9.92. The SMILES string of the molecule is CC(C)(C)/C=C(/C=O)Cc1ccccc1. The van der Waals surface area contributed by atoms with Gasteiger partial charge in [-0.15, -0.1) is 0 Å². The number of carbonyl (C=O) groups is 1. The van der Waals surface area contributed by atoms with E-state index in [2.05, 4.69) is 20.8 Å². The standard InChI is InChI=1S/C14H18O/c1-14(2,3)10-13(11-15)9-12-7-5-4-6-8-12/h4-8,10-11H,9H2,1-3H3/b13-10+. The van der Waals surface area contributed by atoms with Gasteiger partial charge in [0, 0.05) is 6.42 Å². The van der Waals surface area contributed by atoms with Crippen molar-refractivity contribution >= 4 is 6.29 Å². The highest BCUT2D eigenvalue weighted by molar-refractivity contribution is 5.74. The van der Waals surface area contributed by atoms with Crippen LogP contribution in [0, 0.1) is 5.41 Å². The maximum Gasteiger partial charge on any atom is 0.146 e. The molecule has 0 aromatic heterocycles. The molecule has 1 nitrogen and oxygen atoms in total. The third-order valence-electron chi connectivity index (χ3n) is 2.02. The molecule has 0 amide bonds. The maximum atomic E-state index is 10.9. The minimum atomic E-state index is 0.0605. The fourth-order valence-corrected chi connectivity index (χ4v) is 1.51. The van der Waals surface area contributed by atoms with Crippen molar-refractivity contribution in [2.24, 2.45) is 5.41 Å². The van der Waals surface area contributed by atoms with E-state index in [9.17, 15) is 4.79 Å². The zero-order chi connectivity index (χ0) is 11.3. The Bertz CT molecular complexity index is 341. The molecule has 0 fully saturated rings. The number of aldehydes is 1. The highest BCUT2D eigenvalue weighted by Crippen LogP contribution is 2.18. The van der Waals surface area contributed by atoms with Gasteiger partial charge in [0.05, 0.1) is 0 Å². The van der Waals surface area contributed by atoms with Crippen LogP contribution in [0.3, 0.4) is 0 Å². The normalized spacial score (nSPS) is 12.6. The second-order valence-corrected chi connectivity index (χ2v) is 4.87. The first kappa shape index (κ1) is 11.7. The van der Waals surface area contributed by atoms with Gasteiger partial charge in [-0.1, -0.05) is 57.2 Å². The molecule has 0 bridgehead atoms. The average Bonchev–Trinajstić information content (AvgIpc) is 2.16. The zero-order valence-electron chi connectivity index (χ0n) is 9.66. The van der Waals surface area contributed by atoms with Gasteiger partial charge in [0.1, 0.15) is 6.29 Å². The Morgan fingerprint density at radius 3 is 2.27 bits per heavy atom. The quantitative estimate of drug-likeness (QED) is 0.542. The summed E-state index contributed by atoms with van der Waals surface area (Å²) < 4.78 is 0. The summed E-state index contributed by atoms with van der Waals surface area (Å²) in [7, 11) is 0. The summed E-state index contributed by atoms with van der Waals surface area (Å²) >= 11 is 0. The van der Waals surface area contributed by atoms with E-state index in [1.54, 1.807) is 0 Å². The van der Waals surface area contributed by atoms with Crippen LogP contribution in [0.15, 0.2) is 42.0 Å². The molecule has 0 spiro atoms. The Morgan fingerprint density at radius 1 is 1.20 bits per heavy atom. The molecule has 1 rings (SSSR count). The van der Waals surface area contributed by atoms with Gasteiger partial charge in [-0.05, 0) is 16.6 Å². The Hall–Kier alpha value is -1.37. The molecule has 1 heteroatoms. The fourth-order valence-electron chi connectivity index (χ4n) is 1.51. The van der Waals surface area contributed by atoms with Gasteiger partial charge < -0.3 is 0 Å². The molecule has 0 N–H and O–H groups in total. The third kappa shape index (κ3) is 4.59. The van der Waals surface area contributed by atoms with Crippen molar-refractivity contribution in [2.75, 3.05) is 0 Å². The molecule has 0 radical (unpaired) electrons. The van der Waals surface area contributed by atoms with Crippen molar-refractivity contribution in [3.63, 3.8) is 0 Å². The van der Waals surface area contributed by atoms with Crippen LogP contribution < -0.4 is 0 Å². The Morgan fingerprint density at radius 2 is 1.80 bits per heavy atom. The molecule has 0 aliphatic carbocycles. The molecule has 80 valence electrons. The predicted molar refractivity (Wildman–Crippen MR) is 63.7 cm³/mol. The van der Waals surface area contributed by atoms with Crippen molar-refractivity contribution in [3.05, 3.63) is 47.5 Å². The second-order valence-electron chi connectivity index (χ2n) is 4.87. The van der Waals surface area contributed by atoms with Crippen LogP contribution in [0.5, 0.6) is 0 Å². The third-order valence-corrected chi connectivity index (χ3v) is 2.02. The molecule has 0 unspecified atom stereocenters. The molecule has 0 aliphatic rings. The summed E-state index contributed by atoms with van der Waals surface area (Å²) in [4.78, 5) is 10.9. The zero-order valence-corrected chi connectivity index (χ0v) is 9.66. The molecule has 1 aromatic rings. The number of allylic oxidation sites excluding steroid dienone is 2. The van der Waals surface area contributed by atoms with Crippen LogP contribution >= 0.6 is 0 Å². The maximum absolute atomic E-state index is 10.9. The van der Waals surface area contributed by atoms with Crippen molar-refractivity contribution in [2.45, 2.75) is 27.2 Å². The van der Waals surface area contributed by atoms with Gasteiger partial charge >= 0.3 is 0 Å². The molecule has 1 aromatic carbocycles. The first-order valence-corrected chi connectivity index (χ1v) is 5.22. The summed E-state index contributed by atoms with van der Waals surface area (Å²) in [5.41, 5.74) is 2.10. The van der Waals surface area contributed by atoms with E-state index < -0.39 is 0 Å². The lowest BCUT2D eigenvalue weighted by Crippen LogP contribution is -2.03. The van der Waals surface area contributed by atoms with Crippen molar-refractivity contribution in [1.29, 1.82) is 0 Å². The highest BCUT2D eigenvalue weighted by Gasteiger charge is 2.08. The van der Waals surface area contributed by atoms with Crippen LogP contribution in [-0.4, -0.2) is 6.29 Å². The average molecular weight is 202 g/mol. The summed E-state index contributed by atoms with van der Waals surface area (Å²) in [6.45, 7) is 6.30. The molecule has 0 aliphatic heterocycles. The van der Waals surface area contributed by atoms with Crippen molar-refractivity contribution in [3.8, 4) is 0 Å². The van der Waals surface area contributed by atoms with Crippen LogP contribution in [-0.2, 0) is 11.2 Å². The first-order chi connectivity index (χ1) is 7.01. The lowest BCUT2D eigenvalue weighted by Gasteiger charge is -2.13. The van der Waals surface area contributed by atoms with Crippen LogP contribution in [0.4, 0.5) is 0 Å². The molecule has 0 atom stereocenters.